The first kappa shape index (κ1) is 18.2. The van der Waals surface area contributed by atoms with Crippen molar-refractivity contribution in [1.29, 1.82) is 0 Å². The van der Waals surface area contributed by atoms with Gasteiger partial charge >= 0.3 is 0 Å². The number of fused-ring (bicyclic) bond motifs is 1. The second kappa shape index (κ2) is 7.21. The Morgan fingerprint density at radius 3 is 2.48 bits per heavy atom. The van der Waals surface area contributed by atoms with Crippen molar-refractivity contribution in [3.63, 3.8) is 0 Å². The monoisotopic (exact) mass is 389 g/mol. The maximum absolute atomic E-state index is 13.0. The molecule has 0 radical (unpaired) electrons. The molecule has 5 nitrogen and oxygen atoms in total. The lowest BCUT2D eigenvalue weighted by Gasteiger charge is -2.50. The van der Waals surface area contributed by atoms with Crippen LogP contribution in [-0.4, -0.2) is 41.9 Å². The largest absolute Gasteiger partial charge is 0.371 e. The second-order valence-corrected chi connectivity index (χ2v) is 8.47. The SMILES string of the molecule is O=C1CNC(=O)C2(CCN(c3ccc4c(c3)CCC4)CC2)N1Cc1ccccc1. The average Bonchev–Trinajstić information content (AvgIpc) is 3.23. The highest BCUT2D eigenvalue weighted by Crippen LogP contribution is 2.36. The van der Waals surface area contributed by atoms with E-state index in [1.165, 1.54) is 36.1 Å². The van der Waals surface area contributed by atoms with Crippen molar-refractivity contribution >= 4 is 17.5 Å². The van der Waals surface area contributed by atoms with Crippen molar-refractivity contribution in [2.45, 2.75) is 44.2 Å². The Balaban J connectivity index is 1.37. The van der Waals surface area contributed by atoms with Crippen LogP contribution in [-0.2, 0) is 29.0 Å². The molecule has 2 amide bonds. The molecular formula is C24H27N3O2. The standard InChI is InChI=1S/C24H27N3O2/c28-22-16-25-23(29)24(27(22)17-18-5-2-1-3-6-18)11-13-26(14-12-24)21-10-9-19-7-4-8-20(19)15-21/h1-3,5-6,9-10,15H,4,7-8,11-14,16-17H2,(H,25,29). The maximum atomic E-state index is 13.0. The van der Waals surface area contributed by atoms with Gasteiger partial charge in [-0.25, -0.2) is 0 Å². The van der Waals surface area contributed by atoms with E-state index in [1.54, 1.807) is 0 Å². The van der Waals surface area contributed by atoms with Gasteiger partial charge in [-0.05, 0) is 60.9 Å². The second-order valence-electron chi connectivity index (χ2n) is 8.47. The molecule has 1 N–H and O–H groups in total. The van der Waals surface area contributed by atoms with Crippen molar-refractivity contribution < 1.29 is 9.59 Å². The third-order valence-corrected chi connectivity index (χ3v) is 6.86. The van der Waals surface area contributed by atoms with E-state index in [-0.39, 0.29) is 18.4 Å². The number of nitrogens with zero attached hydrogens (tertiary/aromatic N) is 2. The van der Waals surface area contributed by atoms with Gasteiger partial charge in [-0.3, -0.25) is 9.59 Å². The van der Waals surface area contributed by atoms with Gasteiger partial charge in [-0.2, -0.15) is 0 Å². The Morgan fingerprint density at radius 2 is 1.69 bits per heavy atom. The van der Waals surface area contributed by atoms with E-state index in [0.29, 0.717) is 19.4 Å². The zero-order valence-electron chi connectivity index (χ0n) is 16.7. The molecule has 2 fully saturated rings. The van der Waals surface area contributed by atoms with Crippen LogP contribution in [0.2, 0.25) is 0 Å². The minimum Gasteiger partial charge on any atom is -0.371 e. The Morgan fingerprint density at radius 1 is 0.931 bits per heavy atom. The molecule has 2 saturated heterocycles. The van der Waals surface area contributed by atoms with Crippen LogP contribution in [0, 0.1) is 0 Å². The zero-order valence-corrected chi connectivity index (χ0v) is 16.7. The molecule has 150 valence electrons. The van der Waals surface area contributed by atoms with Crippen LogP contribution in [0.4, 0.5) is 5.69 Å². The first-order valence-electron chi connectivity index (χ1n) is 10.7. The molecule has 2 aliphatic heterocycles. The van der Waals surface area contributed by atoms with Crippen molar-refractivity contribution in [2.75, 3.05) is 24.5 Å². The van der Waals surface area contributed by atoms with Crippen molar-refractivity contribution in [3.8, 4) is 0 Å². The summed E-state index contributed by atoms with van der Waals surface area (Å²) in [6.45, 7) is 2.16. The lowest BCUT2D eigenvalue weighted by Crippen LogP contribution is -2.69. The number of amides is 2. The van der Waals surface area contributed by atoms with E-state index in [4.69, 9.17) is 0 Å². The summed E-state index contributed by atoms with van der Waals surface area (Å²) in [5.74, 6) is 0.0149. The highest BCUT2D eigenvalue weighted by Gasteiger charge is 2.50. The van der Waals surface area contributed by atoms with Gasteiger partial charge in [0.15, 0.2) is 0 Å². The fourth-order valence-electron chi connectivity index (χ4n) is 5.17. The Labute approximate surface area is 171 Å². The molecule has 2 heterocycles. The Hall–Kier alpha value is -2.82. The number of carbonyl (C=O) groups excluding carboxylic acids is 2. The van der Waals surface area contributed by atoms with Crippen LogP contribution < -0.4 is 10.2 Å². The summed E-state index contributed by atoms with van der Waals surface area (Å²) in [5.41, 5.74) is 4.53. The summed E-state index contributed by atoms with van der Waals surface area (Å²) in [6.07, 6.45) is 4.93. The number of aryl methyl sites for hydroxylation is 2. The maximum Gasteiger partial charge on any atom is 0.246 e. The minimum absolute atomic E-state index is 0.00151. The first-order valence-corrected chi connectivity index (χ1v) is 10.7. The predicted molar refractivity (Wildman–Crippen MR) is 113 cm³/mol. The van der Waals surface area contributed by atoms with Crippen LogP contribution in [0.3, 0.4) is 0 Å². The van der Waals surface area contributed by atoms with Crippen LogP contribution in [0.15, 0.2) is 48.5 Å². The van der Waals surface area contributed by atoms with Crippen LogP contribution in [0.25, 0.3) is 0 Å². The van der Waals surface area contributed by atoms with Crippen LogP contribution >= 0.6 is 0 Å². The third kappa shape index (κ3) is 3.18. The van der Waals surface area contributed by atoms with Gasteiger partial charge < -0.3 is 15.1 Å². The number of anilines is 1. The minimum atomic E-state index is -0.738. The van der Waals surface area contributed by atoms with E-state index >= 15 is 0 Å². The molecule has 2 aromatic carbocycles. The number of piperidine rings is 1. The molecule has 3 aliphatic rings. The summed E-state index contributed by atoms with van der Waals surface area (Å²) in [7, 11) is 0. The molecule has 5 heteroatoms. The molecule has 1 aliphatic carbocycles. The van der Waals surface area contributed by atoms with Crippen LogP contribution in [0.1, 0.15) is 36.0 Å². The van der Waals surface area contributed by atoms with E-state index in [1.807, 2.05) is 35.2 Å². The highest BCUT2D eigenvalue weighted by molar-refractivity contribution is 5.98. The summed E-state index contributed by atoms with van der Waals surface area (Å²) >= 11 is 0. The molecule has 0 aromatic heterocycles. The Bertz CT molecular complexity index is 932. The summed E-state index contributed by atoms with van der Waals surface area (Å²) < 4.78 is 0. The van der Waals surface area contributed by atoms with E-state index in [0.717, 1.165) is 18.7 Å². The molecule has 5 rings (SSSR count). The number of hydrogen-bond donors (Lipinski definition) is 1. The van der Waals surface area contributed by atoms with E-state index in [2.05, 4.69) is 28.4 Å². The topological polar surface area (TPSA) is 52.7 Å². The lowest BCUT2D eigenvalue weighted by molar-refractivity contribution is -0.156. The van der Waals surface area contributed by atoms with Crippen molar-refractivity contribution in [1.82, 2.24) is 10.2 Å². The summed E-state index contributed by atoms with van der Waals surface area (Å²) in [4.78, 5) is 30.0. The van der Waals surface area contributed by atoms with Crippen molar-refractivity contribution in [2.24, 2.45) is 0 Å². The molecular weight excluding hydrogens is 362 g/mol. The molecule has 0 atom stereocenters. The van der Waals surface area contributed by atoms with Gasteiger partial charge in [0, 0.05) is 25.3 Å². The average molecular weight is 389 g/mol. The fourth-order valence-corrected chi connectivity index (χ4v) is 5.17. The van der Waals surface area contributed by atoms with Crippen molar-refractivity contribution in [3.05, 3.63) is 65.2 Å². The van der Waals surface area contributed by atoms with Gasteiger partial charge in [-0.1, -0.05) is 36.4 Å². The van der Waals surface area contributed by atoms with Gasteiger partial charge in [0.1, 0.15) is 5.54 Å². The number of benzene rings is 2. The number of rotatable bonds is 3. The number of nitrogens with one attached hydrogen (secondary N) is 1. The first-order chi connectivity index (χ1) is 14.2. The quantitative estimate of drug-likeness (QED) is 0.878. The smallest absolute Gasteiger partial charge is 0.246 e. The summed E-state index contributed by atoms with van der Waals surface area (Å²) in [5, 5.41) is 2.85. The number of hydrogen-bond acceptors (Lipinski definition) is 3. The van der Waals surface area contributed by atoms with E-state index < -0.39 is 5.54 Å². The van der Waals surface area contributed by atoms with Gasteiger partial charge in [-0.15, -0.1) is 0 Å². The molecule has 1 spiro atoms. The Kier molecular flexibility index (Phi) is 4.53. The molecule has 29 heavy (non-hydrogen) atoms. The van der Waals surface area contributed by atoms with E-state index in [9.17, 15) is 9.59 Å². The molecule has 0 bridgehead atoms. The number of piperazine rings is 1. The lowest BCUT2D eigenvalue weighted by atomic mass is 9.82. The van der Waals surface area contributed by atoms with Gasteiger partial charge in [0.05, 0.1) is 6.54 Å². The molecule has 0 saturated carbocycles. The molecule has 2 aromatic rings. The highest BCUT2D eigenvalue weighted by atomic mass is 16.2. The summed E-state index contributed by atoms with van der Waals surface area (Å²) in [6, 6.07) is 16.8. The number of carbonyl (C=O) groups is 2. The van der Waals surface area contributed by atoms with Gasteiger partial charge in [0.2, 0.25) is 11.8 Å². The normalized spacial score (nSPS) is 20.7. The third-order valence-electron chi connectivity index (χ3n) is 6.86. The zero-order chi connectivity index (χ0) is 19.8. The fraction of sp³-hybridized carbons (Fsp3) is 0.417. The predicted octanol–water partition coefficient (Wildman–Crippen LogP) is 2.67. The molecule has 0 unspecified atom stereocenters. The van der Waals surface area contributed by atoms with Gasteiger partial charge in [0.25, 0.3) is 0 Å². The van der Waals surface area contributed by atoms with Crippen LogP contribution in [0.5, 0.6) is 0 Å².